The van der Waals surface area contributed by atoms with Gasteiger partial charge in [-0.2, -0.15) is 5.26 Å². The Morgan fingerprint density at radius 3 is 2.69 bits per heavy atom. The molecule has 0 unspecified atom stereocenters. The molecule has 3 nitrogen and oxygen atoms in total. The van der Waals surface area contributed by atoms with Crippen LogP contribution in [0.3, 0.4) is 0 Å². The van der Waals surface area contributed by atoms with Gasteiger partial charge in [0.25, 0.3) is 0 Å². The van der Waals surface area contributed by atoms with Crippen LogP contribution in [0.4, 0.5) is 10.1 Å². The zero-order valence-electron chi connectivity index (χ0n) is 8.83. The molecule has 4 heteroatoms. The van der Waals surface area contributed by atoms with Gasteiger partial charge in [-0.3, -0.25) is 0 Å². The van der Waals surface area contributed by atoms with Crippen LogP contribution in [0.25, 0.3) is 0 Å². The Bertz CT molecular complexity index is 430. The molecule has 0 aliphatic heterocycles. The maximum absolute atomic E-state index is 13.2. The minimum atomic E-state index is -0.436. The Balaban J connectivity index is 2.21. The molecule has 0 bridgehead atoms. The van der Waals surface area contributed by atoms with Crippen LogP contribution in [-0.2, 0) is 0 Å². The van der Waals surface area contributed by atoms with Crippen molar-refractivity contribution in [1.29, 1.82) is 5.26 Å². The van der Waals surface area contributed by atoms with Crippen LogP contribution < -0.4 is 5.32 Å². The average Bonchev–Trinajstić information content (AvgIpc) is 2.22. The summed E-state index contributed by atoms with van der Waals surface area (Å²) < 4.78 is 13.2. The standard InChI is InChI=1S/C12H13FN2O/c13-10-4-9(7-14)5-11(6-10)15-12(8-16)2-1-3-12/h4-6,15-16H,1-3,8H2. The van der Waals surface area contributed by atoms with Crippen LogP contribution in [0.15, 0.2) is 18.2 Å². The zero-order chi connectivity index (χ0) is 11.6. The summed E-state index contributed by atoms with van der Waals surface area (Å²) in [6, 6.07) is 6.04. The van der Waals surface area contributed by atoms with E-state index in [1.54, 1.807) is 6.07 Å². The normalized spacial score (nSPS) is 17.3. The van der Waals surface area contributed by atoms with E-state index in [2.05, 4.69) is 5.32 Å². The van der Waals surface area contributed by atoms with E-state index in [9.17, 15) is 9.50 Å². The fraction of sp³-hybridized carbons (Fsp3) is 0.417. The van der Waals surface area contributed by atoms with Crippen LogP contribution in [0, 0.1) is 17.1 Å². The number of nitrogens with one attached hydrogen (secondary N) is 1. The Hall–Kier alpha value is -1.60. The van der Waals surface area contributed by atoms with Crippen molar-refractivity contribution in [3.63, 3.8) is 0 Å². The van der Waals surface area contributed by atoms with Crippen molar-refractivity contribution in [3.05, 3.63) is 29.6 Å². The summed E-state index contributed by atoms with van der Waals surface area (Å²) in [6.45, 7) is 0.0331. The molecule has 0 saturated heterocycles. The van der Waals surface area contributed by atoms with Gasteiger partial charge in [0.2, 0.25) is 0 Å². The minimum Gasteiger partial charge on any atom is -0.394 e. The first-order chi connectivity index (χ1) is 7.67. The SMILES string of the molecule is N#Cc1cc(F)cc(NC2(CO)CCC2)c1. The molecule has 0 radical (unpaired) electrons. The Morgan fingerprint density at radius 2 is 2.19 bits per heavy atom. The number of benzene rings is 1. The highest BCUT2D eigenvalue weighted by Gasteiger charge is 2.36. The molecule has 1 aliphatic carbocycles. The van der Waals surface area contributed by atoms with Crippen molar-refractivity contribution in [2.45, 2.75) is 24.8 Å². The highest BCUT2D eigenvalue weighted by molar-refractivity contribution is 5.51. The first kappa shape index (κ1) is 10.9. The van der Waals surface area contributed by atoms with Crippen molar-refractivity contribution >= 4 is 5.69 Å². The van der Waals surface area contributed by atoms with Crippen molar-refractivity contribution in [1.82, 2.24) is 0 Å². The van der Waals surface area contributed by atoms with Crippen molar-refractivity contribution in [2.24, 2.45) is 0 Å². The van der Waals surface area contributed by atoms with E-state index in [1.807, 2.05) is 6.07 Å². The van der Waals surface area contributed by atoms with E-state index < -0.39 is 5.82 Å². The highest BCUT2D eigenvalue weighted by atomic mass is 19.1. The predicted molar refractivity (Wildman–Crippen MR) is 58.4 cm³/mol. The van der Waals surface area contributed by atoms with Gasteiger partial charge in [0, 0.05) is 5.69 Å². The number of anilines is 1. The number of rotatable bonds is 3. The zero-order valence-corrected chi connectivity index (χ0v) is 8.83. The largest absolute Gasteiger partial charge is 0.394 e. The molecule has 1 saturated carbocycles. The fourth-order valence-corrected chi connectivity index (χ4v) is 1.96. The van der Waals surface area contributed by atoms with Crippen molar-refractivity contribution in [3.8, 4) is 6.07 Å². The molecule has 0 heterocycles. The van der Waals surface area contributed by atoms with Crippen LogP contribution in [-0.4, -0.2) is 17.3 Å². The van der Waals surface area contributed by atoms with E-state index in [0.717, 1.165) is 19.3 Å². The van der Waals surface area contributed by atoms with Crippen LogP contribution in [0.1, 0.15) is 24.8 Å². The summed E-state index contributed by atoms with van der Waals surface area (Å²) in [5.41, 5.74) is 0.528. The first-order valence-corrected chi connectivity index (χ1v) is 5.27. The highest BCUT2D eigenvalue weighted by Crippen LogP contribution is 2.35. The van der Waals surface area contributed by atoms with E-state index in [0.29, 0.717) is 5.69 Å². The third-order valence-electron chi connectivity index (χ3n) is 3.05. The van der Waals surface area contributed by atoms with Crippen molar-refractivity contribution in [2.75, 3.05) is 11.9 Å². The molecule has 2 rings (SSSR count). The summed E-state index contributed by atoms with van der Waals surface area (Å²) in [7, 11) is 0. The summed E-state index contributed by atoms with van der Waals surface area (Å²) in [5, 5.41) is 21.1. The predicted octanol–water partition coefficient (Wildman–Crippen LogP) is 2.02. The first-order valence-electron chi connectivity index (χ1n) is 5.27. The molecule has 0 aromatic heterocycles. The molecule has 1 aliphatic rings. The quantitative estimate of drug-likeness (QED) is 0.819. The van der Waals surface area contributed by atoms with Gasteiger partial charge in [0.1, 0.15) is 5.82 Å². The molecule has 84 valence electrons. The number of nitrogens with zero attached hydrogens (tertiary/aromatic N) is 1. The van der Waals surface area contributed by atoms with Gasteiger partial charge in [-0.05, 0) is 37.5 Å². The Labute approximate surface area is 93.5 Å². The van der Waals surface area contributed by atoms with Crippen LogP contribution >= 0.6 is 0 Å². The number of hydrogen-bond donors (Lipinski definition) is 2. The van der Waals surface area contributed by atoms with Gasteiger partial charge in [-0.25, -0.2) is 4.39 Å². The summed E-state index contributed by atoms with van der Waals surface area (Å²) >= 11 is 0. The second-order valence-corrected chi connectivity index (χ2v) is 4.26. The molecule has 0 atom stereocenters. The van der Waals surface area contributed by atoms with Gasteiger partial charge in [-0.15, -0.1) is 0 Å². The lowest BCUT2D eigenvalue weighted by atomic mass is 9.77. The lowest BCUT2D eigenvalue weighted by molar-refractivity contribution is 0.144. The molecule has 2 N–H and O–H groups in total. The molecular weight excluding hydrogens is 207 g/mol. The number of hydrogen-bond acceptors (Lipinski definition) is 3. The third-order valence-corrected chi connectivity index (χ3v) is 3.05. The van der Waals surface area contributed by atoms with E-state index >= 15 is 0 Å². The van der Waals surface area contributed by atoms with Gasteiger partial charge >= 0.3 is 0 Å². The van der Waals surface area contributed by atoms with Crippen LogP contribution in [0.5, 0.6) is 0 Å². The Morgan fingerprint density at radius 1 is 1.44 bits per heavy atom. The number of aliphatic hydroxyl groups is 1. The van der Waals surface area contributed by atoms with Crippen molar-refractivity contribution < 1.29 is 9.50 Å². The molecular formula is C12H13FN2O. The second kappa shape index (κ2) is 4.11. The lowest BCUT2D eigenvalue weighted by Crippen LogP contribution is -2.48. The van der Waals surface area contributed by atoms with Gasteiger partial charge < -0.3 is 10.4 Å². The average molecular weight is 220 g/mol. The summed E-state index contributed by atoms with van der Waals surface area (Å²) in [5.74, 6) is -0.436. The van der Waals surface area contributed by atoms with E-state index in [1.165, 1.54) is 12.1 Å². The fourth-order valence-electron chi connectivity index (χ4n) is 1.96. The summed E-state index contributed by atoms with van der Waals surface area (Å²) in [6.07, 6.45) is 2.82. The second-order valence-electron chi connectivity index (χ2n) is 4.26. The maximum atomic E-state index is 13.2. The molecule has 1 aromatic rings. The molecule has 0 amide bonds. The third kappa shape index (κ3) is 2.00. The topological polar surface area (TPSA) is 56.0 Å². The lowest BCUT2D eigenvalue weighted by Gasteiger charge is -2.41. The van der Waals surface area contributed by atoms with Gasteiger partial charge in [0.15, 0.2) is 0 Å². The minimum absolute atomic E-state index is 0.0331. The molecule has 1 fully saturated rings. The number of aliphatic hydroxyl groups excluding tert-OH is 1. The number of nitriles is 1. The monoisotopic (exact) mass is 220 g/mol. The van der Waals surface area contributed by atoms with Gasteiger partial charge in [-0.1, -0.05) is 0 Å². The van der Waals surface area contributed by atoms with E-state index in [-0.39, 0.29) is 17.7 Å². The Kier molecular flexibility index (Phi) is 2.80. The molecule has 16 heavy (non-hydrogen) atoms. The molecule has 0 spiro atoms. The maximum Gasteiger partial charge on any atom is 0.126 e. The summed E-state index contributed by atoms with van der Waals surface area (Å²) in [4.78, 5) is 0. The van der Waals surface area contributed by atoms with Gasteiger partial charge in [0.05, 0.1) is 23.8 Å². The van der Waals surface area contributed by atoms with E-state index in [4.69, 9.17) is 5.26 Å². The number of halogens is 1. The smallest absolute Gasteiger partial charge is 0.126 e. The van der Waals surface area contributed by atoms with Crippen LogP contribution in [0.2, 0.25) is 0 Å². The molecule has 1 aromatic carbocycles.